The maximum Gasteiger partial charge on any atom is 0.198 e. The van der Waals surface area contributed by atoms with Gasteiger partial charge in [0.1, 0.15) is 5.82 Å². The fourth-order valence-electron chi connectivity index (χ4n) is 3.11. The summed E-state index contributed by atoms with van der Waals surface area (Å²) in [6, 6.07) is 11.1. The summed E-state index contributed by atoms with van der Waals surface area (Å²) in [5.41, 5.74) is 7.46. The Balaban J connectivity index is 1.65. The Kier molecular flexibility index (Phi) is 3.86. The Labute approximate surface area is 126 Å². The Morgan fingerprint density at radius 1 is 1.14 bits per heavy atom. The maximum atomic E-state index is 5.99. The molecule has 4 nitrogen and oxygen atoms in total. The summed E-state index contributed by atoms with van der Waals surface area (Å²) in [4.78, 5) is 8.91. The van der Waals surface area contributed by atoms with E-state index in [1.54, 1.807) is 0 Å². The van der Waals surface area contributed by atoms with Gasteiger partial charge in [-0.2, -0.15) is 4.99 Å². The molecule has 0 amide bonds. The number of hydrogen-bond acceptors (Lipinski definition) is 4. The van der Waals surface area contributed by atoms with Crippen molar-refractivity contribution in [2.45, 2.75) is 31.7 Å². The lowest BCUT2D eigenvalue weighted by Gasteiger charge is -2.37. The quantitative estimate of drug-likeness (QED) is 0.906. The summed E-state index contributed by atoms with van der Waals surface area (Å²) in [5, 5.41) is 0. The first kappa shape index (κ1) is 14.0. The zero-order chi connectivity index (χ0) is 14.8. The number of guanidine groups is 1. The molecule has 1 aromatic rings. The van der Waals surface area contributed by atoms with Crippen molar-refractivity contribution in [2.24, 2.45) is 10.7 Å². The molecule has 4 heteroatoms. The molecule has 1 aromatic carbocycles. The normalized spacial score (nSPS) is 23.8. The van der Waals surface area contributed by atoms with Gasteiger partial charge >= 0.3 is 0 Å². The van der Waals surface area contributed by atoms with Gasteiger partial charge in [0, 0.05) is 20.1 Å². The van der Waals surface area contributed by atoms with E-state index in [0.717, 1.165) is 18.9 Å². The van der Waals surface area contributed by atoms with Crippen molar-refractivity contribution in [3.8, 4) is 0 Å². The molecule has 112 valence electrons. The first-order valence-corrected chi connectivity index (χ1v) is 7.74. The minimum Gasteiger partial charge on any atom is -0.369 e. The topological polar surface area (TPSA) is 44.9 Å². The molecule has 0 aliphatic carbocycles. The molecule has 1 atom stereocenters. The molecule has 1 fully saturated rings. The van der Waals surface area contributed by atoms with Crippen molar-refractivity contribution < 1.29 is 0 Å². The van der Waals surface area contributed by atoms with Crippen molar-refractivity contribution in [1.82, 2.24) is 9.80 Å². The number of nitrogens with zero attached hydrogens (tertiary/aromatic N) is 3. The minimum absolute atomic E-state index is 0.310. The van der Waals surface area contributed by atoms with Crippen molar-refractivity contribution in [3.63, 3.8) is 0 Å². The van der Waals surface area contributed by atoms with Gasteiger partial charge in [-0.05, 0) is 37.3 Å². The molecule has 2 heterocycles. The third-order valence-corrected chi connectivity index (χ3v) is 4.68. The molecule has 0 bridgehead atoms. The molecule has 0 radical (unpaired) electrons. The van der Waals surface area contributed by atoms with Crippen LogP contribution in [-0.4, -0.2) is 41.9 Å². The standard InChI is InChI=1S/C17H24N4/c1-13-12-16(19-17(18)20(13)2)21-10-8-15(9-11-21)14-6-4-3-5-7-14/h3-7,12-13,15H,8-11H2,1-2H3,(H2,18,19). The number of rotatable bonds is 2. The Bertz CT molecular complexity index is 541. The van der Waals surface area contributed by atoms with Gasteiger partial charge in [0.25, 0.3) is 0 Å². The second-order valence-corrected chi connectivity index (χ2v) is 6.02. The predicted octanol–water partition coefficient (Wildman–Crippen LogP) is 2.36. The number of likely N-dealkylation sites (tertiary alicyclic amines) is 1. The van der Waals surface area contributed by atoms with Crippen molar-refractivity contribution in [3.05, 3.63) is 47.8 Å². The number of benzene rings is 1. The largest absolute Gasteiger partial charge is 0.369 e. The van der Waals surface area contributed by atoms with E-state index in [2.05, 4.69) is 53.2 Å². The lowest BCUT2D eigenvalue weighted by molar-refractivity contribution is 0.254. The molecule has 2 aliphatic heterocycles. The van der Waals surface area contributed by atoms with Crippen LogP contribution in [0.4, 0.5) is 0 Å². The van der Waals surface area contributed by atoms with Crippen LogP contribution in [0.3, 0.4) is 0 Å². The van der Waals surface area contributed by atoms with Crippen LogP contribution in [0.2, 0.25) is 0 Å². The fraction of sp³-hybridized carbons (Fsp3) is 0.471. The number of nitrogens with two attached hydrogens (primary N) is 1. The van der Waals surface area contributed by atoms with Crippen LogP contribution >= 0.6 is 0 Å². The summed E-state index contributed by atoms with van der Waals surface area (Å²) < 4.78 is 0. The molecule has 1 saturated heterocycles. The fourth-order valence-corrected chi connectivity index (χ4v) is 3.11. The highest BCUT2D eigenvalue weighted by Crippen LogP contribution is 2.30. The molecule has 21 heavy (non-hydrogen) atoms. The summed E-state index contributed by atoms with van der Waals surface area (Å²) in [5.74, 6) is 2.34. The van der Waals surface area contributed by atoms with Crippen molar-refractivity contribution in [1.29, 1.82) is 0 Å². The van der Waals surface area contributed by atoms with Crippen LogP contribution < -0.4 is 5.73 Å². The van der Waals surface area contributed by atoms with E-state index < -0.39 is 0 Å². The zero-order valence-electron chi connectivity index (χ0n) is 12.9. The van der Waals surface area contributed by atoms with Gasteiger partial charge in [-0.25, -0.2) is 0 Å². The second-order valence-electron chi connectivity index (χ2n) is 6.02. The number of likely N-dealkylation sites (N-methyl/N-ethyl adjacent to an activating group) is 1. The Hall–Kier alpha value is -1.97. The second kappa shape index (κ2) is 5.80. The minimum atomic E-state index is 0.310. The molecule has 0 aromatic heterocycles. The van der Waals surface area contributed by atoms with E-state index in [9.17, 15) is 0 Å². The zero-order valence-corrected chi connectivity index (χ0v) is 12.9. The molecular weight excluding hydrogens is 260 g/mol. The number of hydrogen-bond donors (Lipinski definition) is 1. The van der Waals surface area contributed by atoms with Gasteiger partial charge in [-0.1, -0.05) is 30.3 Å². The van der Waals surface area contributed by atoms with Gasteiger partial charge in [0.2, 0.25) is 0 Å². The first-order chi connectivity index (χ1) is 10.1. The van der Waals surface area contributed by atoms with E-state index in [4.69, 9.17) is 5.73 Å². The predicted molar refractivity (Wildman–Crippen MR) is 86.9 cm³/mol. The van der Waals surface area contributed by atoms with Crippen molar-refractivity contribution in [2.75, 3.05) is 20.1 Å². The SMILES string of the molecule is CC1C=C(N2CCC(c3ccccc3)CC2)N=C(N)N1C. The van der Waals surface area contributed by atoms with Gasteiger partial charge < -0.3 is 15.5 Å². The molecule has 2 aliphatic rings. The lowest BCUT2D eigenvalue weighted by Crippen LogP contribution is -2.44. The maximum absolute atomic E-state index is 5.99. The van der Waals surface area contributed by atoms with Crippen molar-refractivity contribution >= 4 is 5.96 Å². The van der Waals surface area contributed by atoms with Crippen LogP contribution in [-0.2, 0) is 0 Å². The number of piperidine rings is 1. The van der Waals surface area contributed by atoms with Gasteiger partial charge in [0.15, 0.2) is 5.96 Å². The molecule has 0 spiro atoms. The molecule has 1 unspecified atom stereocenters. The Morgan fingerprint density at radius 2 is 1.81 bits per heavy atom. The van der Waals surface area contributed by atoms with Crippen LogP contribution in [0.5, 0.6) is 0 Å². The summed E-state index contributed by atoms with van der Waals surface area (Å²) in [7, 11) is 1.98. The molecule has 3 rings (SSSR count). The molecule has 2 N–H and O–H groups in total. The van der Waals surface area contributed by atoms with E-state index in [1.165, 1.54) is 18.4 Å². The summed E-state index contributed by atoms with van der Waals surface area (Å²) in [6.45, 7) is 4.26. The lowest BCUT2D eigenvalue weighted by atomic mass is 9.89. The van der Waals surface area contributed by atoms with Gasteiger partial charge in [-0.3, -0.25) is 0 Å². The van der Waals surface area contributed by atoms with E-state index in [0.29, 0.717) is 17.9 Å². The molecule has 0 saturated carbocycles. The van der Waals surface area contributed by atoms with Gasteiger partial charge in [0.05, 0.1) is 6.04 Å². The van der Waals surface area contributed by atoms with Crippen LogP contribution in [0, 0.1) is 0 Å². The third-order valence-electron chi connectivity index (χ3n) is 4.68. The molecular formula is C17H24N4. The van der Waals surface area contributed by atoms with Crippen LogP contribution in [0.1, 0.15) is 31.2 Å². The average molecular weight is 284 g/mol. The van der Waals surface area contributed by atoms with Gasteiger partial charge in [-0.15, -0.1) is 0 Å². The van der Waals surface area contributed by atoms with E-state index in [-0.39, 0.29) is 0 Å². The van der Waals surface area contributed by atoms with Crippen LogP contribution in [0.25, 0.3) is 0 Å². The van der Waals surface area contributed by atoms with E-state index in [1.807, 2.05) is 11.9 Å². The summed E-state index contributed by atoms with van der Waals surface area (Å²) >= 11 is 0. The highest BCUT2D eigenvalue weighted by molar-refractivity contribution is 5.80. The Morgan fingerprint density at radius 3 is 2.43 bits per heavy atom. The van der Waals surface area contributed by atoms with Crippen LogP contribution in [0.15, 0.2) is 47.2 Å². The third kappa shape index (κ3) is 2.89. The smallest absolute Gasteiger partial charge is 0.198 e. The van der Waals surface area contributed by atoms with E-state index >= 15 is 0 Å². The average Bonchev–Trinajstić information content (AvgIpc) is 2.53. The first-order valence-electron chi connectivity index (χ1n) is 7.74. The highest BCUT2D eigenvalue weighted by atomic mass is 15.3. The highest BCUT2D eigenvalue weighted by Gasteiger charge is 2.25. The number of aliphatic imine (C=N–C) groups is 1. The summed E-state index contributed by atoms with van der Waals surface area (Å²) in [6.07, 6.45) is 4.57. The monoisotopic (exact) mass is 284 g/mol.